The van der Waals surface area contributed by atoms with E-state index in [0.717, 1.165) is 23.7 Å². The van der Waals surface area contributed by atoms with Crippen molar-refractivity contribution in [2.24, 2.45) is 5.73 Å². The summed E-state index contributed by atoms with van der Waals surface area (Å²) in [7, 11) is 0. The summed E-state index contributed by atoms with van der Waals surface area (Å²) < 4.78 is 0. The van der Waals surface area contributed by atoms with Crippen LogP contribution in [0.5, 0.6) is 0 Å². The minimum atomic E-state index is -0.608. The molecule has 1 amide bonds. The predicted octanol–water partition coefficient (Wildman–Crippen LogP) is 2.99. The summed E-state index contributed by atoms with van der Waals surface area (Å²) in [6, 6.07) is 11.2. The van der Waals surface area contributed by atoms with Gasteiger partial charge in [-0.2, -0.15) is 0 Å². The highest BCUT2D eigenvalue weighted by atomic mass is 32.1. The Balaban J connectivity index is 1.63. The van der Waals surface area contributed by atoms with E-state index in [1.165, 1.54) is 29.9 Å². The first-order valence-corrected chi connectivity index (χ1v) is 8.07. The molecule has 0 aliphatic carbocycles. The van der Waals surface area contributed by atoms with Crippen molar-refractivity contribution in [2.45, 2.75) is 18.9 Å². The highest BCUT2D eigenvalue weighted by molar-refractivity contribution is 7.10. The third-order valence-corrected chi connectivity index (χ3v) is 4.69. The fourth-order valence-electron chi connectivity index (χ4n) is 2.55. The van der Waals surface area contributed by atoms with E-state index in [9.17, 15) is 4.79 Å². The monoisotopic (exact) mass is 301 g/mol. The average Bonchev–Trinajstić information content (AvgIpc) is 3.20. The van der Waals surface area contributed by atoms with E-state index >= 15 is 0 Å². The van der Waals surface area contributed by atoms with Crippen LogP contribution in [0.1, 0.15) is 23.8 Å². The Morgan fingerprint density at radius 2 is 1.90 bits per heavy atom. The summed E-state index contributed by atoms with van der Waals surface area (Å²) in [5, 5.41) is 4.80. The van der Waals surface area contributed by atoms with Crippen LogP contribution in [-0.4, -0.2) is 19.0 Å². The molecule has 110 valence electrons. The smallest absolute Gasteiger partial charge is 0.246 e. The van der Waals surface area contributed by atoms with E-state index in [1.807, 2.05) is 29.6 Å². The highest BCUT2D eigenvalue weighted by Crippen LogP contribution is 2.23. The van der Waals surface area contributed by atoms with Gasteiger partial charge in [-0.1, -0.05) is 6.07 Å². The van der Waals surface area contributed by atoms with Crippen molar-refractivity contribution in [1.82, 2.24) is 0 Å². The fraction of sp³-hybridized carbons (Fsp3) is 0.312. The molecular formula is C16H19N3OS. The molecule has 21 heavy (non-hydrogen) atoms. The first-order chi connectivity index (χ1) is 10.2. The van der Waals surface area contributed by atoms with E-state index in [2.05, 4.69) is 22.3 Å². The Morgan fingerprint density at radius 3 is 2.52 bits per heavy atom. The zero-order chi connectivity index (χ0) is 14.7. The maximum atomic E-state index is 12.1. The lowest BCUT2D eigenvalue weighted by molar-refractivity contribution is -0.117. The van der Waals surface area contributed by atoms with Gasteiger partial charge in [0.25, 0.3) is 0 Å². The van der Waals surface area contributed by atoms with Crippen LogP contribution in [0, 0.1) is 0 Å². The number of nitrogens with zero attached hydrogens (tertiary/aromatic N) is 1. The highest BCUT2D eigenvalue weighted by Gasteiger charge is 2.17. The number of carbonyl (C=O) groups excluding carboxylic acids is 1. The van der Waals surface area contributed by atoms with Crippen LogP contribution in [-0.2, 0) is 4.79 Å². The average molecular weight is 301 g/mol. The Kier molecular flexibility index (Phi) is 4.22. The number of benzene rings is 1. The van der Waals surface area contributed by atoms with Crippen LogP contribution in [0.3, 0.4) is 0 Å². The van der Waals surface area contributed by atoms with E-state index < -0.39 is 6.04 Å². The van der Waals surface area contributed by atoms with Crippen LogP contribution in [0.15, 0.2) is 41.8 Å². The second-order valence-corrected chi connectivity index (χ2v) is 6.20. The molecule has 1 saturated heterocycles. The van der Waals surface area contributed by atoms with Gasteiger partial charge < -0.3 is 16.0 Å². The van der Waals surface area contributed by atoms with Gasteiger partial charge in [0.15, 0.2) is 0 Å². The van der Waals surface area contributed by atoms with Crippen LogP contribution in [0.2, 0.25) is 0 Å². The molecule has 1 aliphatic heterocycles. The van der Waals surface area contributed by atoms with Crippen molar-refractivity contribution in [3.63, 3.8) is 0 Å². The lowest BCUT2D eigenvalue weighted by Gasteiger charge is -2.18. The minimum Gasteiger partial charge on any atom is -0.372 e. The number of nitrogens with one attached hydrogen (secondary N) is 1. The summed E-state index contributed by atoms with van der Waals surface area (Å²) >= 11 is 1.50. The lowest BCUT2D eigenvalue weighted by atomic mass is 10.2. The molecule has 5 heteroatoms. The number of rotatable bonds is 4. The minimum absolute atomic E-state index is 0.175. The maximum Gasteiger partial charge on any atom is 0.246 e. The van der Waals surface area contributed by atoms with Gasteiger partial charge in [-0.05, 0) is 48.6 Å². The molecule has 1 atom stereocenters. The number of nitrogens with two attached hydrogens (primary N) is 1. The van der Waals surface area contributed by atoms with Crippen molar-refractivity contribution in [2.75, 3.05) is 23.3 Å². The second-order valence-electron chi connectivity index (χ2n) is 5.22. The van der Waals surface area contributed by atoms with Gasteiger partial charge in [-0.25, -0.2) is 0 Å². The lowest BCUT2D eigenvalue weighted by Crippen LogP contribution is -2.27. The Labute approximate surface area is 128 Å². The van der Waals surface area contributed by atoms with Crippen molar-refractivity contribution in [1.29, 1.82) is 0 Å². The molecule has 0 spiro atoms. The molecule has 0 radical (unpaired) electrons. The van der Waals surface area contributed by atoms with Gasteiger partial charge in [-0.15, -0.1) is 11.3 Å². The third kappa shape index (κ3) is 3.25. The van der Waals surface area contributed by atoms with Gasteiger partial charge in [0, 0.05) is 29.3 Å². The van der Waals surface area contributed by atoms with E-state index in [1.54, 1.807) is 0 Å². The standard InChI is InChI=1S/C16H19N3OS/c17-15(14-4-3-11-21-14)16(20)18-12-5-7-13(8-6-12)19-9-1-2-10-19/h3-8,11,15H,1-2,9-10,17H2,(H,18,20). The van der Waals surface area contributed by atoms with Crippen LogP contribution < -0.4 is 16.0 Å². The zero-order valence-corrected chi connectivity index (χ0v) is 12.6. The molecule has 1 aliphatic rings. The summed E-state index contributed by atoms with van der Waals surface area (Å²) in [5.41, 5.74) is 7.95. The summed E-state index contributed by atoms with van der Waals surface area (Å²) in [6.45, 7) is 2.24. The van der Waals surface area contributed by atoms with Crippen LogP contribution in [0.25, 0.3) is 0 Å². The number of hydrogen-bond acceptors (Lipinski definition) is 4. The zero-order valence-electron chi connectivity index (χ0n) is 11.8. The third-order valence-electron chi connectivity index (χ3n) is 3.74. The van der Waals surface area contributed by atoms with Gasteiger partial charge in [-0.3, -0.25) is 4.79 Å². The molecule has 2 aromatic rings. The van der Waals surface area contributed by atoms with Crippen molar-refractivity contribution in [3.05, 3.63) is 46.7 Å². The summed E-state index contributed by atoms with van der Waals surface area (Å²) in [4.78, 5) is 15.4. The number of carbonyl (C=O) groups is 1. The summed E-state index contributed by atoms with van der Waals surface area (Å²) in [6.07, 6.45) is 2.52. The number of thiophene rings is 1. The van der Waals surface area contributed by atoms with Gasteiger partial charge in [0.2, 0.25) is 5.91 Å². The van der Waals surface area contributed by atoms with Gasteiger partial charge >= 0.3 is 0 Å². The Morgan fingerprint density at radius 1 is 1.19 bits per heavy atom. The maximum absolute atomic E-state index is 12.1. The molecule has 0 saturated carbocycles. The predicted molar refractivity (Wildman–Crippen MR) is 87.8 cm³/mol. The molecule has 3 rings (SSSR count). The molecule has 3 N–H and O–H groups in total. The number of amides is 1. The molecule has 1 fully saturated rings. The largest absolute Gasteiger partial charge is 0.372 e. The van der Waals surface area contributed by atoms with E-state index in [0.29, 0.717) is 0 Å². The van der Waals surface area contributed by atoms with Crippen molar-refractivity contribution in [3.8, 4) is 0 Å². The van der Waals surface area contributed by atoms with E-state index in [4.69, 9.17) is 5.73 Å². The molecule has 1 unspecified atom stereocenters. The second kappa shape index (κ2) is 6.28. The quantitative estimate of drug-likeness (QED) is 0.912. The van der Waals surface area contributed by atoms with E-state index in [-0.39, 0.29) is 5.91 Å². The Hall–Kier alpha value is -1.85. The van der Waals surface area contributed by atoms with Crippen molar-refractivity contribution >= 4 is 28.6 Å². The van der Waals surface area contributed by atoms with Crippen molar-refractivity contribution < 1.29 is 4.79 Å². The molecular weight excluding hydrogens is 282 g/mol. The first-order valence-electron chi connectivity index (χ1n) is 7.19. The molecule has 1 aromatic heterocycles. The summed E-state index contributed by atoms with van der Waals surface area (Å²) in [5.74, 6) is -0.175. The molecule has 0 bridgehead atoms. The number of hydrogen-bond donors (Lipinski definition) is 2. The molecule has 2 heterocycles. The fourth-order valence-corrected chi connectivity index (χ4v) is 3.27. The van der Waals surface area contributed by atoms with Crippen LogP contribution in [0.4, 0.5) is 11.4 Å². The van der Waals surface area contributed by atoms with Gasteiger partial charge in [0.05, 0.1) is 0 Å². The number of anilines is 2. The first kappa shape index (κ1) is 14.1. The SMILES string of the molecule is NC(C(=O)Nc1ccc(N2CCCC2)cc1)c1cccs1. The Bertz CT molecular complexity index is 588. The normalized spacial score (nSPS) is 16.0. The van der Waals surface area contributed by atoms with Gasteiger partial charge in [0.1, 0.15) is 6.04 Å². The molecule has 1 aromatic carbocycles. The topological polar surface area (TPSA) is 58.4 Å². The molecule has 4 nitrogen and oxygen atoms in total. The van der Waals surface area contributed by atoms with Crippen LogP contribution >= 0.6 is 11.3 Å².